The summed E-state index contributed by atoms with van der Waals surface area (Å²) in [4.78, 5) is 15.3. The summed E-state index contributed by atoms with van der Waals surface area (Å²) in [5.74, 6) is 5.67. The normalized spacial score (nSPS) is 10.4. The Morgan fingerprint density at radius 3 is 2.63 bits per heavy atom. The molecule has 0 aliphatic heterocycles. The molecule has 1 heterocycles. The molecule has 0 saturated heterocycles. The highest BCUT2D eigenvalue weighted by atomic mass is 32.2. The molecule has 3 N–H and O–H groups in total. The van der Waals surface area contributed by atoms with Gasteiger partial charge in [-0.2, -0.15) is 5.10 Å². The van der Waals surface area contributed by atoms with Crippen LogP contribution in [0.3, 0.4) is 0 Å². The van der Waals surface area contributed by atoms with Gasteiger partial charge in [0.1, 0.15) is 6.33 Å². The van der Waals surface area contributed by atoms with E-state index in [1.54, 1.807) is 16.4 Å². The van der Waals surface area contributed by atoms with Gasteiger partial charge in [0.2, 0.25) is 5.91 Å². The topological polar surface area (TPSA) is 85.8 Å². The van der Waals surface area contributed by atoms with E-state index in [-0.39, 0.29) is 5.91 Å². The second-order valence-corrected chi connectivity index (χ2v) is 4.96. The maximum absolute atomic E-state index is 11.1. The first-order chi connectivity index (χ1) is 9.19. The van der Waals surface area contributed by atoms with Crippen molar-refractivity contribution in [3.63, 3.8) is 0 Å². The molecule has 0 unspecified atom stereocenters. The Morgan fingerprint density at radius 2 is 2.05 bits per heavy atom. The smallest absolute Gasteiger partial charge is 0.238 e. The van der Waals surface area contributed by atoms with E-state index in [0.717, 1.165) is 16.5 Å². The maximum Gasteiger partial charge on any atom is 0.238 e. The number of aromatic nitrogens is 3. The van der Waals surface area contributed by atoms with Gasteiger partial charge in [0, 0.05) is 12.8 Å². The van der Waals surface area contributed by atoms with Gasteiger partial charge in [-0.3, -0.25) is 10.2 Å². The van der Waals surface area contributed by atoms with Crippen LogP contribution in [0, 0.1) is 0 Å². The average Bonchev–Trinajstić information content (AvgIpc) is 2.83. The van der Waals surface area contributed by atoms with E-state index in [2.05, 4.69) is 15.5 Å². The van der Waals surface area contributed by atoms with E-state index in [1.807, 2.05) is 31.3 Å². The third-order valence-electron chi connectivity index (χ3n) is 2.59. The van der Waals surface area contributed by atoms with E-state index >= 15 is 0 Å². The highest BCUT2D eigenvalue weighted by Crippen LogP contribution is 2.19. The number of nitrogens with two attached hydrogens (primary N) is 1. The molecule has 7 heteroatoms. The van der Waals surface area contributed by atoms with Crippen molar-refractivity contribution < 1.29 is 4.79 Å². The Labute approximate surface area is 115 Å². The van der Waals surface area contributed by atoms with Crippen molar-refractivity contribution in [2.24, 2.45) is 12.9 Å². The Hall–Kier alpha value is -1.86. The second-order valence-electron chi connectivity index (χ2n) is 4.02. The van der Waals surface area contributed by atoms with Crippen LogP contribution in [-0.2, 0) is 24.0 Å². The Morgan fingerprint density at radius 1 is 1.37 bits per heavy atom. The molecule has 100 valence electrons. The highest BCUT2D eigenvalue weighted by Gasteiger charge is 2.04. The molecule has 1 aromatic carbocycles. The van der Waals surface area contributed by atoms with Crippen LogP contribution in [0.5, 0.6) is 0 Å². The van der Waals surface area contributed by atoms with Gasteiger partial charge in [-0.1, -0.05) is 36.0 Å². The molecule has 1 amide bonds. The molecule has 1 aromatic heterocycles. The SMILES string of the molecule is Cn1ncnc1SCc1ccc(CC(=O)NN)cc1. The molecule has 2 rings (SSSR count). The van der Waals surface area contributed by atoms with Crippen LogP contribution in [0.25, 0.3) is 0 Å². The van der Waals surface area contributed by atoms with Gasteiger partial charge in [-0.05, 0) is 11.1 Å². The summed E-state index contributed by atoms with van der Waals surface area (Å²) in [6, 6.07) is 7.87. The zero-order valence-electron chi connectivity index (χ0n) is 10.5. The van der Waals surface area contributed by atoms with Crippen LogP contribution in [0.4, 0.5) is 0 Å². The molecule has 19 heavy (non-hydrogen) atoms. The van der Waals surface area contributed by atoms with Crippen LogP contribution in [0.2, 0.25) is 0 Å². The third kappa shape index (κ3) is 3.80. The minimum absolute atomic E-state index is 0.193. The minimum Gasteiger partial charge on any atom is -0.294 e. The maximum atomic E-state index is 11.1. The summed E-state index contributed by atoms with van der Waals surface area (Å²) in [6.07, 6.45) is 1.84. The lowest BCUT2D eigenvalue weighted by Gasteiger charge is -2.03. The Bertz CT molecular complexity index is 552. The predicted molar refractivity (Wildman–Crippen MR) is 73.0 cm³/mol. The van der Waals surface area contributed by atoms with E-state index < -0.39 is 0 Å². The van der Waals surface area contributed by atoms with Crippen LogP contribution in [0.1, 0.15) is 11.1 Å². The lowest BCUT2D eigenvalue weighted by molar-refractivity contribution is -0.120. The number of benzene rings is 1. The molecule has 0 atom stereocenters. The van der Waals surface area contributed by atoms with Gasteiger partial charge in [-0.15, -0.1) is 0 Å². The average molecular weight is 277 g/mol. The summed E-state index contributed by atoms with van der Waals surface area (Å²) in [5.41, 5.74) is 4.23. The van der Waals surface area contributed by atoms with Gasteiger partial charge in [0.25, 0.3) is 0 Å². The quantitative estimate of drug-likeness (QED) is 0.362. The molecule has 0 aliphatic rings. The van der Waals surface area contributed by atoms with Crippen LogP contribution >= 0.6 is 11.8 Å². The first-order valence-electron chi connectivity index (χ1n) is 5.73. The van der Waals surface area contributed by atoms with E-state index in [1.165, 1.54) is 11.9 Å². The molecule has 6 nitrogen and oxygen atoms in total. The zero-order valence-corrected chi connectivity index (χ0v) is 11.4. The lowest BCUT2D eigenvalue weighted by atomic mass is 10.1. The molecule has 0 spiro atoms. The molecular weight excluding hydrogens is 262 g/mol. The summed E-state index contributed by atoms with van der Waals surface area (Å²) in [6.45, 7) is 0. The Kier molecular flexibility index (Phi) is 4.53. The van der Waals surface area contributed by atoms with Gasteiger partial charge < -0.3 is 0 Å². The first kappa shape index (κ1) is 13.6. The van der Waals surface area contributed by atoms with Gasteiger partial charge in [0.15, 0.2) is 5.16 Å². The van der Waals surface area contributed by atoms with E-state index in [0.29, 0.717) is 6.42 Å². The number of carbonyl (C=O) groups excluding carboxylic acids is 1. The van der Waals surface area contributed by atoms with Crippen molar-refractivity contribution in [3.8, 4) is 0 Å². The third-order valence-corrected chi connectivity index (χ3v) is 3.69. The molecule has 0 saturated carbocycles. The van der Waals surface area contributed by atoms with Gasteiger partial charge >= 0.3 is 0 Å². The zero-order chi connectivity index (χ0) is 13.7. The molecular formula is C12H15N5OS. The largest absolute Gasteiger partial charge is 0.294 e. The minimum atomic E-state index is -0.193. The number of nitrogens with zero attached hydrogens (tertiary/aromatic N) is 3. The number of aryl methyl sites for hydroxylation is 1. The van der Waals surface area contributed by atoms with Crippen molar-refractivity contribution in [3.05, 3.63) is 41.7 Å². The number of thioether (sulfide) groups is 1. The van der Waals surface area contributed by atoms with E-state index in [4.69, 9.17) is 5.84 Å². The molecule has 2 aromatic rings. The number of hydrogen-bond donors (Lipinski definition) is 2. The first-order valence-corrected chi connectivity index (χ1v) is 6.71. The predicted octanol–water partition coefficient (Wildman–Crippen LogP) is 0.640. The summed E-state index contributed by atoms with van der Waals surface area (Å²) in [5, 5.41) is 4.89. The molecule has 0 fully saturated rings. The summed E-state index contributed by atoms with van der Waals surface area (Å²) < 4.78 is 1.74. The number of hydrazine groups is 1. The van der Waals surface area contributed by atoms with Crippen LogP contribution in [-0.4, -0.2) is 20.7 Å². The molecule has 0 radical (unpaired) electrons. The number of nitrogens with one attached hydrogen (secondary N) is 1. The van der Waals surface area contributed by atoms with Gasteiger partial charge in [-0.25, -0.2) is 15.5 Å². The van der Waals surface area contributed by atoms with Gasteiger partial charge in [0.05, 0.1) is 6.42 Å². The monoisotopic (exact) mass is 277 g/mol. The fourth-order valence-electron chi connectivity index (χ4n) is 1.55. The number of carbonyl (C=O) groups is 1. The van der Waals surface area contributed by atoms with Crippen molar-refractivity contribution in [2.45, 2.75) is 17.3 Å². The summed E-state index contributed by atoms with van der Waals surface area (Å²) >= 11 is 1.62. The number of hydrogen-bond acceptors (Lipinski definition) is 5. The number of amides is 1. The Balaban J connectivity index is 1.92. The fourth-order valence-corrected chi connectivity index (χ4v) is 2.40. The number of rotatable bonds is 5. The van der Waals surface area contributed by atoms with Crippen molar-refractivity contribution >= 4 is 17.7 Å². The molecule has 0 aliphatic carbocycles. The van der Waals surface area contributed by atoms with Crippen LogP contribution < -0.4 is 11.3 Å². The van der Waals surface area contributed by atoms with Crippen LogP contribution in [0.15, 0.2) is 35.7 Å². The standard InChI is InChI=1S/C12H15N5OS/c1-17-12(14-8-15-17)19-7-10-4-2-9(3-5-10)6-11(18)16-13/h2-5,8H,6-7,13H2,1H3,(H,16,18). The lowest BCUT2D eigenvalue weighted by Crippen LogP contribution is -2.31. The van der Waals surface area contributed by atoms with Crippen molar-refractivity contribution in [1.82, 2.24) is 20.2 Å². The van der Waals surface area contributed by atoms with Crippen molar-refractivity contribution in [2.75, 3.05) is 0 Å². The molecule has 0 bridgehead atoms. The van der Waals surface area contributed by atoms with Crippen molar-refractivity contribution in [1.29, 1.82) is 0 Å². The summed E-state index contributed by atoms with van der Waals surface area (Å²) in [7, 11) is 1.86. The highest BCUT2D eigenvalue weighted by molar-refractivity contribution is 7.98. The fraction of sp³-hybridized carbons (Fsp3) is 0.250. The van der Waals surface area contributed by atoms with E-state index in [9.17, 15) is 4.79 Å². The second kappa shape index (κ2) is 6.35.